The van der Waals surface area contributed by atoms with Crippen molar-refractivity contribution in [3.8, 4) is 17.1 Å². The fraction of sp³-hybridized carbons (Fsp3) is 0.391. The van der Waals surface area contributed by atoms with Gasteiger partial charge in [0.15, 0.2) is 0 Å². The molecule has 0 aliphatic carbocycles. The number of nitrogens with zero attached hydrogens (tertiary/aromatic N) is 3. The highest BCUT2D eigenvalue weighted by Gasteiger charge is 2.33. The summed E-state index contributed by atoms with van der Waals surface area (Å²) in [6, 6.07) is 14.5. The van der Waals surface area contributed by atoms with Crippen LogP contribution in [0.25, 0.3) is 11.4 Å². The van der Waals surface area contributed by atoms with Crippen LogP contribution in [-0.2, 0) is 10.0 Å². The Morgan fingerprint density at radius 2 is 1.81 bits per heavy atom. The molecule has 1 aliphatic heterocycles. The minimum absolute atomic E-state index is 0.105. The molecule has 2 aromatic carbocycles. The van der Waals surface area contributed by atoms with E-state index in [1.165, 1.54) is 4.31 Å². The molecule has 0 unspecified atom stereocenters. The van der Waals surface area contributed by atoms with Gasteiger partial charge in [0.2, 0.25) is 21.7 Å². The zero-order valence-corrected chi connectivity index (χ0v) is 18.8. The summed E-state index contributed by atoms with van der Waals surface area (Å²) in [5, 5.41) is 4.11. The van der Waals surface area contributed by atoms with E-state index in [1.807, 2.05) is 57.2 Å². The number of benzene rings is 2. The summed E-state index contributed by atoms with van der Waals surface area (Å²) >= 11 is 0. The van der Waals surface area contributed by atoms with E-state index in [0.29, 0.717) is 29.7 Å². The molecule has 0 bridgehead atoms. The molecule has 0 spiro atoms. The van der Waals surface area contributed by atoms with Gasteiger partial charge < -0.3 is 9.26 Å². The molecule has 1 saturated heterocycles. The molecular formula is C23H27N3O4S. The quantitative estimate of drug-likeness (QED) is 0.564. The first-order valence-electron chi connectivity index (χ1n) is 10.5. The molecule has 31 heavy (non-hydrogen) atoms. The van der Waals surface area contributed by atoms with E-state index >= 15 is 0 Å². The van der Waals surface area contributed by atoms with Crippen molar-refractivity contribution in [2.45, 2.75) is 50.5 Å². The predicted octanol–water partition coefficient (Wildman–Crippen LogP) is 4.40. The smallest absolute Gasteiger partial charge is 0.243 e. The largest absolute Gasteiger partial charge is 0.491 e. The van der Waals surface area contributed by atoms with Crippen molar-refractivity contribution in [1.29, 1.82) is 0 Å². The van der Waals surface area contributed by atoms with E-state index in [4.69, 9.17) is 9.26 Å². The topological polar surface area (TPSA) is 85.5 Å². The van der Waals surface area contributed by atoms with Crippen LogP contribution in [0, 0.1) is 6.92 Å². The maximum absolute atomic E-state index is 13.1. The second-order valence-electron chi connectivity index (χ2n) is 8.16. The normalized spacial score (nSPS) is 17.7. The average molecular weight is 442 g/mol. The third-order valence-corrected chi connectivity index (χ3v) is 7.20. The van der Waals surface area contributed by atoms with Crippen molar-refractivity contribution in [3.05, 3.63) is 60.0 Å². The van der Waals surface area contributed by atoms with Crippen molar-refractivity contribution < 1.29 is 17.7 Å². The van der Waals surface area contributed by atoms with Crippen molar-refractivity contribution in [3.63, 3.8) is 0 Å². The number of hydrogen-bond donors (Lipinski definition) is 0. The first kappa shape index (κ1) is 21.5. The molecule has 0 saturated carbocycles. The highest BCUT2D eigenvalue weighted by molar-refractivity contribution is 7.89. The van der Waals surface area contributed by atoms with Gasteiger partial charge in [-0.3, -0.25) is 0 Å². The fourth-order valence-corrected chi connectivity index (χ4v) is 5.22. The van der Waals surface area contributed by atoms with Gasteiger partial charge in [0.05, 0.1) is 16.9 Å². The first-order chi connectivity index (χ1) is 14.8. The third kappa shape index (κ3) is 4.80. The van der Waals surface area contributed by atoms with Gasteiger partial charge in [0.1, 0.15) is 5.75 Å². The van der Waals surface area contributed by atoms with Gasteiger partial charge in [-0.25, -0.2) is 8.42 Å². The summed E-state index contributed by atoms with van der Waals surface area (Å²) in [6.07, 6.45) is 1.66. The van der Waals surface area contributed by atoms with E-state index in [1.54, 1.807) is 12.1 Å². The minimum Gasteiger partial charge on any atom is -0.491 e. The summed E-state index contributed by atoms with van der Waals surface area (Å²) in [5.74, 6) is 1.62. The van der Waals surface area contributed by atoms with Gasteiger partial charge in [0.25, 0.3) is 0 Å². The highest BCUT2D eigenvalue weighted by Crippen LogP contribution is 2.31. The second-order valence-corrected chi connectivity index (χ2v) is 10.1. The fourth-order valence-electron chi connectivity index (χ4n) is 3.69. The maximum Gasteiger partial charge on any atom is 0.243 e. The van der Waals surface area contributed by atoms with Crippen LogP contribution in [0.5, 0.6) is 5.75 Å². The third-order valence-electron chi connectivity index (χ3n) is 5.32. The lowest BCUT2D eigenvalue weighted by molar-refractivity contribution is 0.242. The van der Waals surface area contributed by atoms with Gasteiger partial charge in [-0.1, -0.05) is 22.9 Å². The van der Waals surface area contributed by atoms with E-state index in [2.05, 4.69) is 10.1 Å². The van der Waals surface area contributed by atoms with Crippen molar-refractivity contribution in [2.75, 3.05) is 13.1 Å². The van der Waals surface area contributed by atoms with Gasteiger partial charge in [-0.15, -0.1) is 0 Å². The van der Waals surface area contributed by atoms with Crippen LogP contribution < -0.4 is 4.74 Å². The molecule has 7 nitrogen and oxygen atoms in total. The number of aryl methyl sites for hydroxylation is 1. The van der Waals surface area contributed by atoms with Crippen molar-refractivity contribution >= 4 is 10.0 Å². The van der Waals surface area contributed by atoms with E-state index < -0.39 is 10.0 Å². The number of piperidine rings is 1. The second kappa shape index (κ2) is 8.80. The lowest BCUT2D eigenvalue weighted by atomic mass is 10.00. The average Bonchev–Trinajstić information content (AvgIpc) is 3.25. The number of sulfonamides is 1. The molecule has 0 radical (unpaired) electrons. The molecule has 1 fully saturated rings. The van der Waals surface area contributed by atoms with Crippen LogP contribution >= 0.6 is 0 Å². The lowest BCUT2D eigenvalue weighted by Gasteiger charge is -2.30. The highest BCUT2D eigenvalue weighted by atomic mass is 32.2. The molecule has 2 heterocycles. The summed E-state index contributed by atoms with van der Waals surface area (Å²) in [4.78, 5) is 4.87. The van der Waals surface area contributed by atoms with Crippen LogP contribution in [-0.4, -0.2) is 42.1 Å². The maximum atomic E-state index is 13.1. The lowest BCUT2D eigenvalue weighted by Crippen LogP contribution is -2.39. The molecule has 4 rings (SSSR count). The predicted molar refractivity (Wildman–Crippen MR) is 117 cm³/mol. The SMILES string of the molecule is Cc1ccc(S(=O)(=O)N2CCC[C@H](c3nc(-c4ccc(OC(C)C)cc4)no3)C2)cc1. The van der Waals surface area contributed by atoms with Gasteiger partial charge >= 0.3 is 0 Å². The number of ether oxygens (including phenoxy) is 1. The Morgan fingerprint density at radius 3 is 2.48 bits per heavy atom. The Bertz CT molecular complexity index is 1120. The van der Waals surface area contributed by atoms with Crippen molar-refractivity contribution in [1.82, 2.24) is 14.4 Å². The van der Waals surface area contributed by atoms with Crippen molar-refractivity contribution in [2.24, 2.45) is 0 Å². The zero-order valence-electron chi connectivity index (χ0n) is 18.0. The Labute approximate surface area is 183 Å². The van der Waals surface area contributed by atoms with Crippen LogP contribution in [0.4, 0.5) is 0 Å². The van der Waals surface area contributed by atoms with E-state index in [-0.39, 0.29) is 12.0 Å². The molecule has 0 N–H and O–H groups in total. The first-order valence-corrected chi connectivity index (χ1v) is 11.9. The number of rotatable bonds is 6. The number of hydrogen-bond acceptors (Lipinski definition) is 6. The minimum atomic E-state index is -3.55. The van der Waals surface area contributed by atoms with Crippen LogP contribution in [0.1, 0.15) is 44.1 Å². The van der Waals surface area contributed by atoms with Gasteiger partial charge in [-0.2, -0.15) is 9.29 Å². The van der Waals surface area contributed by atoms with E-state index in [0.717, 1.165) is 29.7 Å². The molecule has 0 amide bonds. The molecule has 164 valence electrons. The molecule has 1 aromatic heterocycles. The summed E-state index contributed by atoms with van der Waals surface area (Å²) in [5.41, 5.74) is 1.85. The Morgan fingerprint density at radius 1 is 1.10 bits per heavy atom. The standard InChI is InChI=1S/C23H27N3O4S/c1-16(2)29-20-10-8-18(9-11-20)22-24-23(30-25-22)19-5-4-14-26(15-19)31(27,28)21-12-6-17(3)7-13-21/h6-13,16,19H,4-5,14-15H2,1-3H3/t19-/m0/s1. The van der Waals surface area contributed by atoms with Crippen LogP contribution in [0.2, 0.25) is 0 Å². The van der Waals surface area contributed by atoms with Crippen LogP contribution in [0.3, 0.4) is 0 Å². The molecular weight excluding hydrogens is 414 g/mol. The number of aromatic nitrogens is 2. The summed E-state index contributed by atoms with van der Waals surface area (Å²) < 4.78 is 38.8. The monoisotopic (exact) mass is 441 g/mol. The molecule has 8 heteroatoms. The van der Waals surface area contributed by atoms with E-state index in [9.17, 15) is 8.42 Å². The Balaban J connectivity index is 1.49. The Hall–Kier alpha value is -2.71. The van der Waals surface area contributed by atoms with Gasteiger partial charge in [0, 0.05) is 18.7 Å². The summed E-state index contributed by atoms with van der Waals surface area (Å²) in [7, 11) is -3.55. The summed E-state index contributed by atoms with van der Waals surface area (Å²) in [6.45, 7) is 6.72. The Kier molecular flexibility index (Phi) is 6.11. The molecule has 1 atom stereocenters. The molecule has 3 aromatic rings. The van der Waals surface area contributed by atoms with Crippen LogP contribution in [0.15, 0.2) is 57.9 Å². The van der Waals surface area contributed by atoms with Gasteiger partial charge in [-0.05, 0) is 70.0 Å². The zero-order chi connectivity index (χ0) is 22.0. The molecule has 1 aliphatic rings.